The third kappa shape index (κ3) is 3.32. The van der Waals surface area contributed by atoms with Crippen LogP contribution >= 0.6 is 11.8 Å². The summed E-state index contributed by atoms with van der Waals surface area (Å²) < 4.78 is 1.96. The van der Waals surface area contributed by atoms with Crippen molar-refractivity contribution in [1.29, 1.82) is 0 Å². The standard InChI is InChI=1S/C17H22N4OS/c1-10-7-11(2)17(13(4)22)12(3)15(10)8-23-9-16-18-19-20-21(16)14-5-6-14/h7,14H,5-6,8-9H2,1-4H3. The van der Waals surface area contributed by atoms with Gasteiger partial charge in [0.25, 0.3) is 0 Å². The van der Waals surface area contributed by atoms with Crippen LogP contribution in [0.15, 0.2) is 6.07 Å². The molecule has 0 saturated heterocycles. The van der Waals surface area contributed by atoms with Gasteiger partial charge in [0.2, 0.25) is 0 Å². The number of rotatable bonds is 6. The smallest absolute Gasteiger partial charge is 0.161 e. The summed E-state index contributed by atoms with van der Waals surface area (Å²) in [6.07, 6.45) is 2.36. The Kier molecular flexibility index (Phi) is 4.53. The molecule has 0 aliphatic heterocycles. The van der Waals surface area contributed by atoms with Gasteiger partial charge in [0.15, 0.2) is 11.6 Å². The molecule has 1 aromatic carbocycles. The number of aryl methyl sites for hydroxylation is 2. The minimum absolute atomic E-state index is 0.143. The van der Waals surface area contributed by atoms with Crippen LogP contribution < -0.4 is 0 Å². The number of benzene rings is 1. The van der Waals surface area contributed by atoms with Crippen LogP contribution in [0.5, 0.6) is 0 Å². The van der Waals surface area contributed by atoms with Gasteiger partial charge in [0, 0.05) is 11.3 Å². The van der Waals surface area contributed by atoms with Crippen LogP contribution in [0.4, 0.5) is 0 Å². The zero-order chi connectivity index (χ0) is 16.6. The number of carbonyl (C=O) groups is 1. The normalized spacial score (nSPS) is 14.3. The Morgan fingerprint density at radius 2 is 2.00 bits per heavy atom. The van der Waals surface area contributed by atoms with Crippen molar-refractivity contribution >= 4 is 17.5 Å². The molecule has 2 aromatic rings. The van der Waals surface area contributed by atoms with Crippen LogP contribution in [0.3, 0.4) is 0 Å². The number of tetrazole rings is 1. The minimum Gasteiger partial charge on any atom is -0.294 e. The zero-order valence-electron chi connectivity index (χ0n) is 14.1. The second kappa shape index (κ2) is 6.43. The summed E-state index contributed by atoms with van der Waals surface area (Å²) in [6, 6.07) is 2.63. The summed E-state index contributed by atoms with van der Waals surface area (Å²) in [6.45, 7) is 7.83. The third-order valence-corrected chi connectivity index (χ3v) is 5.37. The van der Waals surface area contributed by atoms with E-state index in [1.807, 2.05) is 11.6 Å². The summed E-state index contributed by atoms with van der Waals surface area (Å²) in [4.78, 5) is 11.9. The van der Waals surface area contributed by atoms with Crippen molar-refractivity contribution in [3.05, 3.63) is 39.7 Å². The summed E-state index contributed by atoms with van der Waals surface area (Å²) in [5, 5.41) is 12.0. The molecule has 0 atom stereocenters. The number of carbonyl (C=O) groups excluding carboxylic acids is 1. The molecule has 0 N–H and O–H groups in total. The van der Waals surface area contributed by atoms with Crippen molar-refractivity contribution in [3.63, 3.8) is 0 Å². The molecule has 3 rings (SSSR count). The lowest BCUT2D eigenvalue weighted by Gasteiger charge is -2.15. The van der Waals surface area contributed by atoms with Crippen LogP contribution in [0.25, 0.3) is 0 Å². The van der Waals surface area contributed by atoms with Gasteiger partial charge >= 0.3 is 0 Å². The maximum Gasteiger partial charge on any atom is 0.161 e. The second-order valence-corrected chi connectivity index (χ2v) is 7.29. The van der Waals surface area contributed by atoms with E-state index in [1.54, 1.807) is 18.7 Å². The number of ketones is 1. The van der Waals surface area contributed by atoms with E-state index < -0.39 is 0 Å². The molecule has 122 valence electrons. The van der Waals surface area contributed by atoms with Crippen molar-refractivity contribution in [2.24, 2.45) is 0 Å². The highest BCUT2D eigenvalue weighted by molar-refractivity contribution is 7.97. The number of thioether (sulfide) groups is 1. The third-order valence-electron chi connectivity index (χ3n) is 4.41. The van der Waals surface area contributed by atoms with Gasteiger partial charge in [0.1, 0.15) is 0 Å². The molecule has 0 unspecified atom stereocenters. The number of nitrogens with zero attached hydrogens (tertiary/aromatic N) is 4. The lowest BCUT2D eigenvalue weighted by Crippen LogP contribution is -2.06. The molecular weight excluding hydrogens is 308 g/mol. The summed E-state index contributed by atoms with van der Waals surface area (Å²) >= 11 is 1.80. The van der Waals surface area contributed by atoms with E-state index in [-0.39, 0.29) is 5.78 Å². The predicted octanol–water partition coefficient (Wildman–Crippen LogP) is 3.57. The average molecular weight is 330 g/mol. The Hall–Kier alpha value is -1.69. The lowest BCUT2D eigenvalue weighted by atomic mass is 9.92. The van der Waals surface area contributed by atoms with E-state index in [1.165, 1.54) is 24.0 Å². The quantitative estimate of drug-likeness (QED) is 0.758. The molecule has 6 heteroatoms. The predicted molar refractivity (Wildman–Crippen MR) is 91.7 cm³/mol. The van der Waals surface area contributed by atoms with Crippen molar-refractivity contribution < 1.29 is 4.79 Å². The highest BCUT2D eigenvalue weighted by Gasteiger charge is 2.27. The van der Waals surface area contributed by atoms with Gasteiger partial charge in [-0.05, 0) is 73.2 Å². The van der Waals surface area contributed by atoms with Crippen LogP contribution in [0.2, 0.25) is 0 Å². The van der Waals surface area contributed by atoms with Crippen LogP contribution in [-0.4, -0.2) is 26.0 Å². The number of aromatic nitrogens is 4. The summed E-state index contributed by atoms with van der Waals surface area (Å²) in [7, 11) is 0. The SMILES string of the molecule is CC(=O)c1c(C)cc(C)c(CSCc2nnnn2C2CC2)c1C. The lowest BCUT2D eigenvalue weighted by molar-refractivity contribution is 0.101. The fraction of sp³-hybridized carbons (Fsp3) is 0.529. The van der Waals surface area contributed by atoms with Crippen molar-refractivity contribution in [1.82, 2.24) is 20.2 Å². The van der Waals surface area contributed by atoms with Gasteiger partial charge in [0.05, 0.1) is 11.8 Å². The molecule has 1 heterocycles. The topological polar surface area (TPSA) is 60.7 Å². The fourth-order valence-electron chi connectivity index (χ4n) is 3.14. The van der Waals surface area contributed by atoms with Crippen molar-refractivity contribution in [2.45, 2.75) is 58.1 Å². The van der Waals surface area contributed by atoms with Gasteiger partial charge < -0.3 is 0 Å². The summed E-state index contributed by atoms with van der Waals surface area (Å²) in [5.74, 6) is 2.76. The van der Waals surface area contributed by atoms with Crippen LogP contribution in [0.1, 0.15) is 64.2 Å². The Morgan fingerprint density at radius 1 is 1.26 bits per heavy atom. The van der Waals surface area contributed by atoms with Gasteiger partial charge in [-0.15, -0.1) is 16.9 Å². The maximum absolute atomic E-state index is 11.9. The maximum atomic E-state index is 11.9. The second-order valence-electron chi connectivity index (χ2n) is 6.31. The van der Waals surface area contributed by atoms with E-state index in [9.17, 15) is 4.79 Å². The molecular formula is C17H22N4OS. The van der Waals surface area contributed by atoms with Crippen LogP contribution in [0, 0.1) is 20.8 Å². The zero-order valence-corrected chi connectivity index (χ0v) is 14.9. The molecule has 1 fully saturated rings. The number of hydrogen-bond acceptors (Lipinski definition) is 5. The van der Waals surface area contributed by atoms with E-state index in [0.717, 1.165) is 34.0 Å². The van der Waals surface area contributed by atoms with E-state index in [0.29, 0.717) is 6.04 Å². The number of Topliss-reactive ketones (excluding diaryl/α,β-unsaturated/α-hetero) is 1. The number of hydrogen-bond donors (Lipinski definition) is 0. The molecule has 0 radical (unpaired) electrons. The highest BCUT2D eigenvalue weighted by Crippen LogP contribution is 2.35. The van der Waals surface area contributed by atoms with Crippen molar-refractivity contribution in [3.8, 4) is 0 Å². The van der Waals surface area contributed by atoms with E-state index in [2.05, 4.69) is 35.4 Å². The van der Waals surface area contributed by atoms with Crippen molar-refractivity contribution in [2.75, 3.05) is 0 Å². The van der Waals surface area contributed by atoms with Gasteiger partial charge in [-0.2, -0.15) is 0 Å². The Bertz CT molecular complexity index is 749. The first-order chi connectivity index (χ1) is 11.0. The van der Waals surface area contributed by atoms with Gasteiger partial charge in [-0.3, -0.25) is 4.79 Å². The summed E-state index contributed by atoms with van der Waals surface area (Å²) in [5.41, 5.74) is 5.56. The molecule has 1 aliphatic carbocycles. The molecule has 0 spiro atoms. The largest absolute Gasteiger partial charge is 0.294 e. The first-order valence-corrected chi connectivity index (χ1v) is 9.09. The monoisotopic (exact) mass is 330 g/mol. The fourth-order valence-corrected chi connectivity index (χ4v) is 4.27. The molecule has 5 nitrogen and oxygen atoms in total. The molecule has 1 saturated carbocycles. The van der Waals surface area contributed by atoms with E-state index in [4.69, 9.17) is 0 Å². The Labute approximate surface area is 140 Å². The minimum atomic E-state index is 0.143. The highest BCUT2D eigenvalue weighted by atomic mass is 32.2. The molecule has 1 aromatic heterocycles. The van der Waals surface area contributed by atoms with Crippen LogP contribution in [-0.2, 0) is 11.5 Å². The first-order valence-electron chi connectivity index (χ1n) is 7.94. The molecule has 0 bridgehead atoms. The van der Waals surface area contributed by atoms with Gasteiger partial charge in [-0.1, -0.05) is 6.07 Å². The average Bonchev–Trinajstić information content (AvgIpc) is 3.21. The molecule has 1 aliphatic rings. The van der Waals surface area contributed by atoms with Gasteiger partial charge in [-0.25, -0.2) is 4.68 Å². The van der Waals surface area contributed by atoms with E-state index >= 15 is 0 Å². The molecule has 23 heavy (non-hydrogen) atoms. The Morgan fingerprint density at radius 3 is 2.65 bits per heavy atom. The molecule has 0 amide bonds. The Balaban J connectivity index is 1.74. The first kappa shape index (κ1) is 16.2.